The van der Waals surface area contributed by atoms with Gasteiger partial charge in [-0.3, -0.25) is 4.28 Å². The lowest BCUT2D eigenvalue weighted by molar-refractivity contribution is 0.337. The summed E-state index contributed by atoms with van der Waals surface area (Å²) in [6, 6.07) is 8.05. The summed E-state index contributed by atoms with van der Waals surface area (Å²) in [5, 5.41) is 3.82. The van der Waals surface area contributed by atoms with Gasteiger partial charge in [-0.15, -0.1) is 0 Å². The van der Waals surface area contributed by atoms with E-state index >= 15 is 0 Å². The van der Waals surface area contributed by atoms with E-state index in [1.54, 1.807) is 6.92 Å². The lowest BCUT2D eigenvalue weighted by atomic mass is 9.97. The molecule has 0 bridgehead atoms. The molecule has 0 saturated heterocycles. The zero-order valence-corrected chi connectivity index (χ0v) is 16.9. The number of unbranched alkanes of at least 4 members (excludes halogenated alkanes) is 5. The van der Waals surface area contributed by atoms with Crippen LogP contribution in [0.15, 0.2) is 29.4 Å². The van der Waals surface area contributed by atoms with Crippen molar-refractivity contribution < 1.29 is 12.7 Å². The van der Waals surface area contributed by atoms with Crippen LogP contribution >= 0.6 is 0 Å². The zero-order chi connectivity index (χ0) is 18.7. The number of hydrogen-bond acceptors (Lipinski definition) is 4. The maximum absolute atomic E-state index is 11.9. The lowest BCUT2D eigenvalue weighted by Gasteiger charge is -2.09. The molecule has 1 aromatic carbocycles. The molecule has 1 unspecified atom stereocenters. The second-order valence-electron chi connectivity index (χ2n) is 6.71. The Morgan fingerprint density at radius 2 is 1.64 bits per heavy atom. The molecular weight excluding hydrogens is 334 g/mol. The average Bonchev–Trinajstić information content (AvgIpc) is 2.62. The molecular formula is C20H33NO3S. The number of hydrogen-bond donors (Lipinski definition) is 0. The van der Waals surface area contributed by atoms with Crippen molar-refractivity contribution in [2.24, 2.45) is 5.16 Å². The maximum Gasteiger partial charge on any atom is 0.328 e. The molecule has 142 valence electrons. The number of rotatable bonds is 12. The van der Waals surface area contributed by atoms with Crippen LogP contribution in [-0.2, 0) is 14.4 Å². The predicted octanol–water partition coefficient (Wildman–Crippen LogP) is 5.63. The van der Waals surface area contributed by atoms with E-state index < -0.39 is 10.1 Å². The molecule has 25 heavy (non-hydrogen) atoms. The molecule has 1 rings (SSSR count). The maximum atomic E-state index is 11.9. The molecule has 0 radical (unpaired) electrons. The first-order valence-corrected chi connectivity index (χ1v) is 11.0. The molecule has 0 aliphatic carbocycles. The third-order valence-corrected chi connectivity index (χ3v) is 5.64. The second-order valence-corrected chi connectivity index (χ2v) is 8.38. The van der Waals surface area contributed by atoms with E-state index in [9.17, 15) is 8.42 Å². The fourth-order valence-electron chi connectivity index (χ4n) is 2.55. The lowest BCUT2D eigenvalue weighted by Crippen LogP contribution is -2.09. The van der Waals surface area contributed by atoms with E-state index in [-0.39, 0.29) is 5.75 Å². The summed E-state index contributed by atoms with van der Waals surface area (Å²) in [6.07, 6.45) is 7.28. The third-order valence-electron chi connectivity index (χ3n) is 4.55. The van der Waals surface area contributed by atoms with Crippen molar-refractivity contribution in [3.63, 3.8) is 0 Å². The highest BCUT2D eigenvalue weighted by atomic mass is 32.2. The minimum Gasteiger partial charge on any atom is -0.268 e. The van der Waals surface area contributed by atoms with Gasteiger partial charge in [-0.1, -0.05) is 82.3 Å². The highest BCUT2D eigenvalue weighted by Crippen LogP contribution is 2.19. The minimum atomic E-state index is -3.59. The first kappa shape index (κ1) is 21.7. The van der Waals surface area contributed by atoms with E-state index in [2.05, 4.69) is 38.1 Å². The monoisotopic (exact) mass is 367 g/mol. The normalized spacial score (nSPS) is 13.7. The minimum absolute atomic E-state index is 0.0306. The molecule has 0 N–H and O–H groups in total. The molecule has 5 heteroatoms. The highest BCUT2D eigenvalue weighted by molar-refractivity contribution is 7.86. The Hall–Kier alpha value is -1.36. The van der Waals surface area contributed by atoms with Crippen molar-refractivity contribution in [1.82, 2.24) is 0 Å². The zero-order valence-electron chi connectivity index (χ0n) is 16.1. The summed E-state index contributed by atoms with van der Waals surface area (Å²) in [4.78, 5) is 0. The van der Waals surface area contributed by atoms with Crippen LogP contribution in [0, 0.1) is 0 Å². The summed E-state index contributed by atoms with van der Waals surface area (Å²) in [7, 11) is -3.59. The Kier molecular flexibility index (Phi) is 9.79. The molecule has 1 aromatic rings. The van der Waals surface area contributed by atoms with Crippen molar-refractivity contribution in [2.75, 3.05) is 5.75 Å². The Labute approximate surface area is 153 Å². The molecule has 4 nitrogen and oxygen atoms in total. The predicted molar refractivity (Wildman–Crippen MR) is 106 cm³/mol. The summed E-state index contributed by atoms with van der Waals surface area (Å²) in [5.41, 5.74) is 2.72. The summed E-state index contributed by atoms with van der Waals surface area (Å²) >= 11 is 0. The number of benzene rings is 1. The van der Waals surface area contributed by atoms with E-state index in [1.165, 1.54) is 24.8 Å². The molecule has 0 amide bonds. The Balaban J connectivity index is 2.49. The molecule has 0 heterocycles. The van der Waals surface area contributed by atoms with Gasteiger partial charge in [0.15, 0.2) is 0 Å². The van der Waals surface area contributed by atoms with E-state index in [0.717, 1.165) is 24.8 Å². The van der Waals surface area contributed by atoms with Crippen LogP contribution in [0.1, 0.15) is 89.7 Å². The standard InChI is InChI=1S/C20H33NO3S/c1-5-7-8-9-10-11-16-25(22,23)24-21-18(4)20-14-12-19(13-15-20)17(3)6-2/h12-15,17H,5-11,16H2,1-4H3/b21-18-. The Bertz CT molecular complexity index is 621. The van der Waals surface area contributed by atoms with Gasteiger partial charge in [0.05, 0.1) is 11.5 Å². The fourth-order valence-corrected chi connectivity index (χ4v) is 3.41. The van der Waals surface area contributed by atoms with Crippen LogP contribution in [0.3, 0.4) is 0 Å². The van der Waals surface area contributed by atoms with Gasteiger partial charge < -0.3 is 0 Å². The fraction of sp³-hybridized carbons (Fsp3) is 0.650. The highest BCUT2D eigenvalue weighted by Gasteiger charge is 2.12. The van der Waals surface area contributed by atoms with Gasteiger partial charge in [0.1, 0.15) is 0 Å². The molecule has 0 aliphatic heterocycles. The average molecular weight is 368 g/mol. The quantitative estimate of drug-likeness (QED) is 0.273. The van der Waals surface area contributed by atoms with Crippen LogP contribution in [0.2, 0.25) is 0 Å². The van der Waals surface area contributed by atoms with E-state index in [4.69, 9.17) is 4.28 Å². The molecule has 0 spiro atoms. The summed E-state index contributed by atoms with van der Waals surface area (Å²) in [5.74, 6) is 0.545. The summed E-state index contributed by atoms with van der Waals surface area (Å²) in [6.45, 7) is 8.27. The van der Waals surface area contributed by atoms with Crippen molar-refractivity contribution in [2.45, 2.75) is 78.6 Å². The third kappa shape index (κ3) is 8.52. The number of oxime groups is 1. The van der Waals surface area contributed by atoms with Crippen molar-refractivity contribution >= 4 is 15.8 Å². The molecule has 0 aliphatic rings. The van der Waals surface area contributed by atoms with Crippen molar-refractivity contribution in [3.8, 4) is 0 Å². The summed E-state index contributed by atoms with van der Waals surface area (Å²) < 4.78 is 28.6. The SMILES string of the molecule is CCCCCCCCS(=O)(=O)O/N=C(/C)c1ccc(C(C)CC)cc1. The van der Waals surface area contributed by atoms with Gasteiger partial charge >= 0.3 is 10.1 Å². The van der Waals surface area contributed by atoms with E-state index in [1.807, 2.05) is 12.1 Å². The first-order valence-electron chi connectivity index (χ1n) is 9.45. The Morgan fingerprint density at radius 3 is 2.24 bits per heavy atom. The smallest absolute Gasteiger partial charge is 0.268 e. The van der Waals surface area contributed by atoms with Gasteiger partial charge in [0.25, 0.3) is 0 Å². The van der Waals surface area contributed by atoms with Crippen molar-refractivity contribution in [3.05, 3.63) is 35.4 Å². The largest absolute Gasteiger partial charge is 0.328 e. The van der Waals surface area contributed by atoms with Crippen LogP contribution in [-0.4, -0.2) is 19.9 Å². The van der Waals surface area contributed by atoms with Crippen LogP contribution in [0.25, 0.3) is 0 Å². The van der Waals surface area contributed by atoms with Crippen LogP contribution < -0.4 is 0 Å². The second kappa shape index (κ2) is 11.3. The van der Waals surface area contributed by atoms with Crippen LogP contribution in [0.5, 0.6) is 0 Å². The van der Waals surface area contributed by atoms with Gasteiger partial charge in [-0.25, -0.2) is 0 Å². The molecule has 0 saturated carbocycles. The van der Waals surface area contributed by atoms with Gasteiger partial charge in [-0.05, 0) is 36.8 Å². The van der Waals surface area contributed by atoms with Gasteiger partial charge in [0.2, 0.25) is 0 Å². The topological polar surface area (TPSA) is 55.7 Å². The van der Waals surface area contributed by atoms with Crippen molar-refractivity contribution in [1.29, 1.82) is 0 Å². The van der Waals surface area contributed by atoms with Gasteiger partial charge in [-0.2, -0.15) is 8.42 Å². The van der Waals surface area contributed by atoms with Crippen LogP contribution in [0.4, 0.5) is 0 Å². The Morgan fingerprint density at radius 1 is 1.04 bits per heavy atom. The number of nitrogens with zero attached hydrogens (tertiary/aromatic N) is 1. The van der Waals surface area contributed by atoms with E-state index in [0.29, 0.717) is 18.1 Å². The molecule has 0 aromatic heterocycles. The first-order chi connectivity index (χ1) is 11.9. The molecule has 1 atom stereocenters. The molecule has 0 fully saturated rings. The van der Waals surface area contributed by atoms with Gasteiger partial charge in [0, 0.05) is 0 Å².